The molecule has 0 bridgehead atoms. The van der Waals surface area contributed by atoms with Gasteiger partial charge in [0.15, 0.2) is 0 Å². The SMILES string of the molecule is CCCC(CCC)C(=O)NC(C)(C)C(=O)O. The highest BCUT2D eigenvalue weighted by atomic mass is 16.4. The van der Waals surface area contributed by atoms with Gasteiger partial charge in [0, 0.05) is 5.92 Å². The Hall–Kier alpha value is -1.06. The van der Waals surface area contributed by atoms with Gasteiger partial charge in [-0.2, -0.15) is 0 Å². The summed E-state index contributed by atoms with van der Waals surface area (Å²) in [6, 6.07) is 0. The van der Waals surface area contributed by atoms with Gasteiger partial charge in [-0.1, -0.05) is 26.7 Å². The lowest BCUT2D eigenvalue weighted by Gasteiger charge is -2.24. The molecule has 0 saturated carbocycles. The second-order valence-electron chi connectivity index (χ2n) is 4.69. The van der Waals surface area contributed by atoms with Crippen LogP contribution in [0.25, 0.3) is 0 Å². The first-order valence-electron chi connectivity index (χ1n) is 5.90. The fourth-order valence-corrected chi connectivity index (χ4v) is 1.57. The van der Waals surface area contributed by atoms with Crippen LogP contribution in [0.1, 0.15) is 53.4 Å². The van der Waals surface area contributed by atoms with Gasteiger partial charge in [-0.25, -0.2) is 4.79 Å². The number of carboxylic acid groups (broad SMARTS) is 1. The molecule has 2 N–H and O–H groups in total. The molecule has 0 rings (SSSR count). The molecule has 1 amide bonds. The van der Waals surface area contributed by atoms with Crippen molar-refractivity contribution >= 4 is 11.9 Å². The van der Waals surface area contributed by atoms with E-state index in [2.05, 4.69) is 5.32 Å². The molecule has 0 aromatic heterocycles. The summed E-state index contributed by atoms with van der Waals surface area (Å²) in [5.74, 6) is -1.21. The van der Waals surface area contributed by atoms with Gasteiger partial charge >= 0.3 is 5.97 Å². The van der Waals surface area contributed by atoms with E-state index in [0.29, 0.717) is 0 Å². The quantitative estimate of drug-likeness (QED) is 0.703. The minimum absolute atomic E-state index is 0.0615. The highest BCUT2D eigenvalue weighted by Gasteiger charge is 2.31. The third-order valence-corrected chi connectivity index (χ3v) is 2.62. The maximum atomic E-state index is 11.9. The third-order valence-electron chi connectivity index (χ3n) is 2.62. The number of amides is 1. The molecule has 0 aliphatic rings. The Bertz CT molecular complexity index is 243. The number of rotatable bonds is 7. The molecule has 0 aromatic rings. The summed E-state index contributed by atoms with van der Waals surface area (Å²) >= 11 is 0. The number of hydrogen-bond donors (Lipinski definition) is 2. The molecule has 0 spiro atoms. The van der Waals surface area contributed by atoms with Gasteiger partial charge in [-0.3, -0.25) is 4.79 Å². The zero-order valence-electron chi connectivity index (χ0n) is 10.7. The van der Waals surface area contributed by atoms with Crippen LogP contribution in [-0.2, 0) is 9.59 Å². The number of aliphatic carboxylic acids is 1. The summed E-state index contributed by atoms with van der Waals surface area (Å²) in [6.07, 6.45) is 3.50. The monoisotopic (exact) mass is 229 g/mol. The van der Waals surface area contributed by atoms with E-state index in [1.165, 1.54) is 13.8 Å². The maximum Gasteiger partial charge on any atom is 0.328 e. The van der Waals surface area contributed by atoms with Gasteiger partial charge < -0.3 is 10.4 Å². The van der Waals surface area contributed by atoms with E-state index in [4.69, 9.17) is 5.11 Å². The largest absolute Gasteiger partial charge is 0.480 e. The zero-order chi connectivity index (χ0) is 12.8. The van der Waals surface area contributed by atoms with Gasteiger partial charge in [-0.05, 0) is 26.7 Å². The Morgan fingerprint density at radius 1 is 1.19 bits per heavy atom. The summed E-state index contributed by atoms with van der Waals surface area (Å²) in [7, 11) is 0. The molecule has 4 heteroatoms. The van der Waals surface area contributed by atoms with Crippen molar-refractivity contribution in [3.05, 3.63) is 0 Å². The van der Waals surface area contributed by atoms with E-state index in [1.807, 2.05) is 13.8 Å². The third kappa shape index (κ3) is 4.64. The molecular weight excluding hydrogens is 206 g/mol. The molecule has 0 saturated heterocycles. The van der Waals surface area contributed by atoms with E-state index in [1.54, 1.807) is 0 Å². The van der Waals surface area contributed by atoms with Crippen molar-refractivity contribution in [2.24, 2.45) is 5.92 Å². The Labute approximate surface area is 97.4 Å². The number of carboxylic acids is 1. The van der Waals surface area contributed by atoms with E-state index in [9.17, 15) is 9.59 Å². The average Bonchev–Trinajstić information content (AvgIpc) is 2.16. The molecule has 0 atom stereocenters. The van der Waals surface area contributed by atoms with Crippen molar-refractivity contribution in [1.29, 1.82) is 0 Å². The number of carbonyl (C=O) groups is 2. The van der Waals surface area contributed by atoms with Gasteiger partial charge in [0.2, 0.25) is 5.91 Å². The van der Waals surface area contributed by atoms with Crippen LogP contribution in [0.4, 0.5) is 0 Å². The Morgan fingerprint density at radius 2 is 1.62 bits per heavy atom. The van der Waals surface area contributed by atoms with Gasteiger partial charge in [0.05, 0.1) is 0 Å². The van der Waals surface area contributed by atoms with Gasteiger partial charge in [0.25, 0.3) is 0 Å². The van der Waals surface area contributed by atoms with E-state index < -0.39 is 11.5 Å². The van der Waals surface area contributed by atoms with Crippen molar-refractivity contribution in [2.45, 2.75) is 58.9 Å². The topological polar surface area (TPSA) is 66.4 Å². The van der Waals surface area contributed by atoms with Crippen LogP contribution >= 0.6 is 0 Å². The van der Waals surface area contributed by atoms with Crippen LogP contribution in [-0.4, -0.2) is 22.5 Å². The Morgan fingerprint density at radius 3 is 1.94 bits per heavy atom. The molecule has 4 nitrogen and oxygen atoms in total. The molecule has 16 heavy (non-hydrogen) atoms. The molecular formula is C12H23NO3. The summed E-state index contributed by atoms with van der Waals surface area (Å²) in [6.45, 7) is 7.06. The summed E-state index contributed by atoms with van der Waals surface area (Å²) in [4.78, 5) is 22.7. The van der Waals surface area contributed by atoms with E-state index in [0.717, 1.165) is 25.7 Å². The lowest BCUT2D eigenvalue weighted by molar-refractivity contribution is -0.146. The lowest BCUT2D eigenvalue weighted by atomic mass is 9.95. The first kappa shape index (κ1) is 14.9. The minimum Gasteiger partial charge on any atom is -0.480 e. The normalized spacial score (nSPS) is 11.6. The van der Waals surface area contributed by atoms with Crippen LogP contribution in [0.15, 0.2) is 0 Å². The second kappa shape index (κ2) is 6.51. The number of carbonyl (C=O) groups excluding carboxylic acids is 1. The fourth-order valence-electron chi connectivity index (χ4n) is 1.57. The van der Waals surface area contributed by atoms with Crippen molar-refractivity contribution in [3.63, 3.8) is 0 Å². The molecule has 0 unspecified atom stereocenters. The van der Waals surface area contributed by atoms with Crippen LogP contribution in [0.3, 0.4) is 0 Å². The molecule has 0 aliphatic carbocycles. The predicted molar refractivity (Wildman–Crippen MR) is 63.2 cm³/mol. The van der Waals surface area contributed by atoms with Crippen LogP contribution in [0.5, 0.6) is 0 Å². The van der Waals surface area contributed by atoms with Crippen LogP contribution < -0.4 is 5.32 Å². The Kier molecular flexibility index (Phi) is 6.08. The molecule has 94 valence electrons. The van der Waals surface area contributed by atoms with Crippen molar-refractivity contribution in [1.82, 2.24) is 5.32 Å². The molecule has 0 aromatic carbocycles. The number of nitrogens with one attached hydrogen (secondary N) is 1. The van der Waals surface area contributed by atoms with Crippen LogP contribution in [0.2, 0.25) is 0 Å². The first-order chi connectivity index (χ1) is 7.35. The second-order valence-corrected chi connectivity index (χ2v) is 4.69. The lowest BCUT2D eigenvalue weighted by Crippen LogP contribution is -2.51. The van der Waals surface area contributed by atoms with Crippen molar-refractivity contribution in [2.75, 3.05) is 0 Å². The predicted octanol–water partition coefficient (Wildman–Crippen LogP) is 2.18. The standard InChI is InChI=1S/C12H23NO3/c1-5-7-9(8-6-2)10(14)13-12(3,4)11(15)16/h9H,5-8H2,1-4H3,(H,13,14)(H,15,16). The Balaban J connectivity index is 4.45. The van der Waals surface area contributed by atoms with Gasteiger partial charge in [-0.15, -0.1) is 0 Å². The van der Waals surface area contributed by atoms with Crippen LogP contribution in [0, 0.1) is 5.92 Å². The molecule has 0 fully saturated rings. The average molecular weight is 229 g/mol. The summed E-state index contributed by atoms with van der Waals surface area (Å²) in [5.41, 5.74) is -1.18. The molecule has 0 heterocycles. The maximum absolute atomic E-state index is 11.9. The smallest absolute Gasteiger partial charge is 0.328 e. The van der Waals surface area contributed by atoms with Crippen molar-refractivity contribution < 1.29 is 14.7 Å². The summed E-state index contributed by atoms with van der Waals surface area (Å²) in [5, 5.41) is 11.5. The highest BCUT2D eigenvalue weighted by molar-refractivity contribution is 5.87. The van der Waals surface area contributed by atoms with E-state index in [-0.39, 0.29) is 11.8 Å². The van der Waals surface area contributed by atoms with Gasteiger partial charge in [0.1, 0.15) is 5.54 Å². The molecule has 0 aliphatic heterocycles. The van der Waals surface area contributed by atoms with Crippen molar-refractivity contribution in [3.8, 4) is 0 Å². The number of hydrogen-bond acceptors (Lipinski definition) is 2. The molecule has 0 radical (unpaired) electrons. The minimum atomic E-state index is -1.18. The highest BCUT2D eigenvalue weighted by Crippen LogP contribution is 2.15. The summed E-state index contributed by atoms with van der Waals surface area (Å²) < 4.78 is 0. The first-order valence-corrected chi connectivity index (χ1v) is 5.90. The van der Waals surface area contributed by atoms with E-state index >= 15 is 0 Å². The zero-order valence-corrected chi connectivity index (χ0v) is 10.7. The fraction of sp³-hybridized carbons (Fsp3) is 0.833.